The molecule has 0 bridgehead atoms. The monoisotopic (exact) mass is 246 g/mol. The first-order valence-electron chi connectivity index (χ1n) is 6.43. The van der Waals surface area contributed by atoms with Crippen LogP contribution < -0.4 is 0 Å². The molecule has 0 unspecified atom stereocenters. The van der Waals surface area contributed by atoms with E-state index in [9.17, 15) is 0 Å². The molecule has 6 nitrogen and oxygen atoms in total. The average molecular weight is 246 g/mol. The predicted molar refractivity (Wildman–Crippen MR) is 66.3 cm³/mol. The van der Waals surface area contributed by atoms with Gasteiger partial charge in [0.05, 0.1) is 6.54 Å². The molecule has 0 aliphatic heterocycles. The molecule has 0 aromatic carbocycles. The van der Waals surface area contributed by atoms with Gasteiger partial charge in [-0.15, -0.1) is 0 Å². The molecule has 3 rings (SSSR count). The van der Waals surface area contributed by atoms with Crippen LogP contribution in [-0.2, 0) is 6.54 Å². The van der Waals surface area contributed by atoms with Crippen LogP contribution in [0.2, 0.25) is 0 Å². The fourth-order valence-corrected chi connectivity index (χ4v) is 2.12. The fraction of sp³-hybridized carbons (Fsp3) is 0.667. The Morgan fingerprint density at radius 2 is 2.11 bits per heavy atom. The molecule has 1 fully saturated rings. The van der Waals surface area contributed by atoms with Crippen molar-refractivity contribution in [1.82, 2.24) is 29.9 Å². The maximum Gasteiger partial charge on any atom is 0.155 e. The molecule has 1 saturated carbocycles. The number of hydrogen-bond acceptors (Lipinski definition) is 4. The van der Waals surface area contributed by atoms with Gasteiger partial charge < -0.3 is 0 Å². The van der Waals surface area contributed by atoms with Crippen molar-refractivity contribution in [2.24, 2.45) is 0 Å². The minimum atomic E-state index is 0.244. The van der Waals surface area contributed by atoms with Gasteiger partial charge in [-0.05, 0) is 26.7 Å². The van der Waals surface area contributed by atoms with Crippen LogP contribution in [0.1, 0.15) is 54.9 Å². The Balaban J connectivity index is 1.73. The van der Waals surface area contributed by atoms with Gasteiger partial charge in [-0.3, -0.25) is 5.10 Å². The normalized spacial score (nSPS) is 17.1. The molecule has 2 aromatic heterocycles. The highest BCUT2D eigenvalue weighted by molar-refractivity contribution is 5.07. The second-order valence-electron chi connectivity index (χ2n) is 5.14. The Morgan fingerprint density at radius 3 is 2.72 bits per heavy atom. The van der Waals surface area contributed by atoms with Crippen molar-refractivity contribution in [2.75, 3.05) is 0 Å². The average Bonchev–Trinajstić information content (AvgIpc) is 2.96. The SMILES string of the molecule is Cc1nc(C)n(C[C@@H](C)c2n[nH]c(C3CC3)n2)n1. The minimum absolute atomic E-state index is 0.244. The molecule has 18 heavy (non-hydrogen) atoms. The molecule has 2 aromatic rings. The summed E-state index contributed by atoms with van der Waals surface area (Å²) in [5, 5.41) is 11.7. The Bertz CT molecular complexity index is 551. The van der Waals surface area contributed by atoms with E-state index in [0.29, 0.717) is 5.92 Å². The van der Waals surface area contributed by atoms with Crippen molar-refractivity contribution in [3.63, 3.8) is 0 Å². The van der Waals surface area contributed by atoms with Gasteiger partial charge in [0.2, 0.25) is 0 Å². The summed E-state index contributed by atoms with van der Waals surface area (Å²) in [5.41, 5.74) is 0. The van der Waals surface area contributed by atoms with Crippen molar-refractivity contribution in [2.45, 2.75) is 52.0 Å². The number of hydrogen-bond donors (Lipinski definition) is 1. The number of aryl methyl sites for hydroxylation is 2. The van der Waals surface area contributed by atoms with Crippen LogP contribution in [0.15, 0.2) is 0 Å². The lowest BCUT2D eigenvalue weighted by Gasteiger charge is -2.08. The zero-order valence-electron chi connectivity index (χ0n) is 11.0. The number of nitrogens with one attached hydrogen (secondary N) is 1. The molecule has 0 spiro atoms. The Labute approximate surface area is 106 Å². The highest BCUT2D eigenvalue weighted by Gasteiger charge is 2.28. The van der Waals surface area contributed by atoms with E-state index in [1.165, 1.54) is 12.8 Å². The van der Waals surface area contributed by atoms with Gasteiger partial charge in [0, 0.05) is 11.8 Å². The number of nitrogens with zero attached hydrogens (tertiary/aromatic N) is 5. The van der Waals surface area contributed by atoms with Crippen LogP contribution >= 0.6 is 0 Å². The molecular weight excluding hydrogens is 228 g/mol. The summed E-state index contributed by atoms with van der Waals surface area (Å²) in [6, 6.07) is 0. The summed E-state index contributed by atoms with van der Waals surface area (Å²) in [6.07, 6.45) is 2.48. The van der Waals surface area contributed by atoms with E-state index in [4.69, 9.17) is 0 Å². The van der Waals surface area contributed by atoms with Crippen LogP contribution in [0, 0.1) is 13.8 Å². The Hall–Kier alpha value is -1.72. The third-order valence-corrected chi connectivity index (χ3v) is 3.33. The van der Waals surface area contributed by atoms with Gasteiger partial charge in [-0.1, -0.05) is 6.92 Å². The molecule has 1 aliphatic rings. The lowest BCUT2D eigenvalue weighted by molar-refractivity contribution is 0.511. The third kappa shape index (κ3) is 2.14. The lowest BCUT2D eigenvalue weighted by Crippen LogP contribution is -2.10. The molecule has 2 heterocycles. The van der Waals surface area contributed by atoms with Crippen LogP contribution in [-0.4, -0.2) is 29.9 Å². The molecule has 96 valence electrons. The summed E-state index contributed by atoms with van der Waals surface area (Å²) in [6.45, 7) is 6.78. The zero-order valence-corrected chi connectivity index (χ0v) is 11.0. The summed E-state index contributed by atoms with van der Waals surface area (Å²) in [4.78, 5) is 8.88. The number of aromatic nitrogens is 6. The summed E-state index contributed by atoms with van der Waals surface area (Å²) < 4.78 is 1.92. The van der Waals surface area contributed by atoms with E-state index in [-0.39, 0.29) is 5.92 Å². The number of aromatic amines is 1. The molecule has 6 heteroatoms. The largest absolute Gasteiger partial charge is 0.263 e. The molecule has 1 atom stereocenters. The van der Waals surface area contributed by atoms with Gasteiger partial charge in [0.25, 0.3) is 0 Å². The van der Waals surface area contributed by atoms with Crippen LogP contribution in [0.5, 0.6) is 0 Å². The van der Waals surface area contributed by atoms with E-state index in [2.05, 4.69) is 32.2 Å². The standard InChI is InChI=1S/C12H18N6/c1-7(6-18-9(3)13-8(2)17-18)11-14-12(16-15-11)10-4-5-10/h7,10H,4-6H2,1-3H3,(H,14,15,16)/t7-/m1/s1. The van der Waals surface area contributed by atoms with E-state index in [1.54, 1.807) is 0 Å². The van der Waals surface area contributed by atoms with Crippen molar-refractivity contribution in [3.05, 3.63) is 23.3 Å². The molecule has 0 radical (unpaired) electrons. The van der Waals surface area contributed by atoms with Gasteiger partial charge in [-0.2, -0.15) is 10.2 Å². The first-order chi connectivity index (χ1) is 8.63. The number of rotatable bonds is 4. The Kier molecular flexibility index (Phi) is 2.65. The molecule has 1 aliphatic carbocycles. The van der Waals surface area contributed by atoms with E-state index < -0.39 is 0 Å². The van der Waals surface area contributed by atoms with Crippen molar-refractivity contribution in [1.29, 1.82) is 0 Å². The maximum atomic E-state index is 4.58. The molecule has 0 amide bonds. The van der Waals surface area contributed by atoms with E-state index in [0.717, 1.165) is 29.8 Å². The topological polar surface area (TPSA) is 72.3 Å². The first kappa shape index (κ1) is 11.4. The molecule has 1 N–H and O–H groups in total. The second kappa shape index (κ2) is 4.19. The smallest absolute Gasteiger partial charge is 0.155 e. The van der Waals surface area contributed by atoms with Gasteiger partial charge in [-0.25, -0.2) is 14.6 Å². The molecule has 0 saturated heterocycles. The van der Waals surface area contributed by atoms with Crippen LogP contribution in [0.4, 0.5) is 0 Å². The van der Waals surface area contributed by atoms with E-state index in [1.807, 2.05) is 18.5 Å². The quantitative estimate of drug-likeness (QED) is 0.891. The summed E-state index contributed by atoms with van der Waals surface area (Å²) in [7, 11) is 0. The van der Waals surface area contributed by atoms with Crippen molar-refractivity contribution >= 4 is 0 Å². The first-order valence-corrected chi connectivity index (χ1v) is 6.43. The van der Waals surface area contributed by atoms with Gasteiger partial charge in [0.1, 0.15) is 17.5 Å². The third-order valence-electron chi connectivity index (χ3n) is 3.33. The highest BCUT2D eigenvalue weighted by atomic mass is 15.3. The Morgan fingerprint density at radius 1 is 1.33 bits per heavy atom. The zero-order chi connectivity index (χ0) is 12.7. The lowest BCUT2D eigenvalue weighted by atomic mass is 10.2. The van der Waals surface area contributed by atoms with Crippen LogP contribution in [0.3, 0.4) is 0 Å². The van der Waals surface area contributed by atoms with Crippen molar-refractivity contribution < 1.29 is 0 Å². The van der Waals surface area contributed by atoms with Crippen molar-refractivity contribution in [3.8, 4) is 0 Å². The fourth-order valence-electron chi connectivity index (χ4n) is 2.12. The van der Waals surface area contributed by atoms with Gasteiger partial charge >= 0.3 is 0 Å². The summed E-state index contributed by atoms with van der Waals surface area (Å²) >= 11 is 0. The predicted octanol–water partition coefficient (Wildman–Crippen LogP) is 1.69. The van der Waals surface area contributed by atoms with Gasteiger partial charge in [0.15, 0.2) is 5.82 Å². The summed E-state index contributed by atoms with van der Waals surface area (Å²) in [5.74, 6) is 4.54. The van der Waals surface area contributed by atoms with E-state index >= 15 is 0 Å². The minimum Gasteiger partial charge on any atom is -0.263 e. The molecular formula is C12H18N6. The highest BCUT2D eigenvalue weighted by Crippen LogP contribution is 2.38. The second-order valence-corrected chi connectivity index (χ2v) is 5.14. The van der Waals surface area contributed by atoms with Crippen LogP contribution in [0.25, 0.3) is 0 Å². The maximum absolute atomic E-state index is 4.58. The number of H-pyrrole nitrogens is 1.